The number of rotatable bonds is 5. The molecule has 5 nitrogen and oxygen atoms in total. The SMILES string of the molecule is CNC(=O)Cn1ccnc1Cc1ccc(OC)cc1. The van der Waals surface area contributed by atoms with Gasteiger partial charge in [-0.1, -0.05) is 12.1 Å². The van der Waals surface area contributed by atoms with E-state index in [0.717, 1.165) is 17.1 Å². The van der Waals surface area contributed by atoms with Crippen LogP contribution >= 0.6 is 0 Å². The normalized spacial score (nSPS) is 10.2. The Morgan fingerprint density at radius 2 is 2.11 bits per heavy atom. The van der Waals surface area contributed by atoms with Crippen LogP contribution in [0.25, 0.3) is 0 Å². The minimum Gasteiger partial charge on any atom is -0.497 e. The van der Waals surface area contributed by atoms with E-state index in [4.69, 9.17) is 4.74 Å². The fourth-order valence-electron chi connectivity index (χ4n) is 1.81. The first-order valence-corrected chi connectivity index (χ1v) is 6.06. The molecule has 1 aromatic carbocycles. The Morgan fingerprint density at radius 3 is 2.74 bits per heavy atom. The molecule has 0 aliphatic heterocycles. The highest BCUT2D eigenvalue weighted by molar-refractivity contribution is 5.75. The molecule has 0 radical (unpaired) electrons. The number of likely N-dealkylation sites (N-methyl/N-ethyl adjacent to an activating group) is 1. The molecule has 5 heteroatoms. The molecule has 19 heavy (non-hydrogen) atoms. The lowest BCUT2D eigenvalue weighted by molar-refractivity contribution is -0.121. The maximum atomic E-state index is 11.4. The number of amides is 1. The van der Waals surface area contributed by atoms with Crippen LogP contribution < -0.4 is 10.1 Å². The Kier molecular flexibility index (Phi) is 4.18. The second-order valence-corrected chi connectivity index (χ2v) is 4.17. The molecule has 1 heterocycles. The standard InChI is InChI=1S/C14H17N3O2/c1-15-14(18)10-17-8-7-16-13(17)9-11-3-5-12(19-2)6-4-11/h3-8H,9-10H2,1-2H3,(H,15,18). The Balaban J connectivity index is 2.10. The molecule has 0 spiro atoms. The van der Waals surface area contributed by atoms with E-state index in [2.05, 4.69) is 10.3 Å². The van der Waals surface area contributed by atoms with E-state index in [9.17, 15) is 4.79 Å². The molecule has 0 bridgehead atoms. The maximum absolute atomic E-state index is 11.4. The first kappa shape index (κ1) is 13.1. The maximum Gasteiger partial charge on any atom is 0.239 e. The molecule has 0 saturated carbocycles. The van der Waals surface area contributed by atoms with E-state index in [-0.39, 0.29) is 5.91 Å². The smallest absolute Gasteiger partial charge is 0.239 e. The van der Waals surface area contributed by atoms with Crippen LogP contribution in [-0.4, -0.2) is 29.6 Å². The third-order valence-electron chi connectivity index (χ3n) is 2.92. The number of nitrogens with zero attached hydrogens (tertiary/aromatic N) is 2. The van der Waals surface area contributed by atoms with Crippen molar-refractivity contribution in [2.45, 2.75) is 13.0 Å². The van der Waals surface area contributed by atoms with Gasteiger partial charge in [-0.05, 0) is 17.7 Å². The summed E-state index contributed by atoms with van der Waals surface area (Å²) in [4.78, 5) is 15.7. The quantitative estimate of drug-likeness (QED) is 0.878. The number of hydrogen-bond donors (Lipinski definition) is 1. The van der Waals surface area contributed by atoms with Crippen LogP contribution in [0.2, 0.25) is 0 Å². The van der Waals surface area contributed by atoms with E-state index in [1.165, 1.54) is 0 Å². The van der Waals surface area contributed by atoms with Crippen LogP contribution in [0.1, 0.15) is 11.4 Å². The highest BCUT2D eigenvalue weighted by Gasteiger charge is 2.07. The molecule has 0 atom stereocenters. The summed E-state index contributed by atoms with van der Waals surface area (Å²) in [6.45, 7) is 0.294. The van der Waals surface area contributed by atoms with Gasteiger partial charge in [-0.25, -0.2) is 4.98 Å². The second kappa shape index (κ2) is 6.04. The zero-order valence-corrected chi connectivity index (χ0v) is 11.1. The number of hydrogen-bond acceptors (Lipinski definition) is 3. The minimum absolute atomic E-state index is 0.0334. The van der Waals surface area contributed by atoms with Crippen molar-refractivity contribution in [3.63, 3.8) is 0 Å². The monoisotopic (exact) mass is 259 g/mol. The Morgan fingerprint density at radius 1 is 1.37 bits per heavy atom. The highest BCUT2D eigenvalue weighted by Crippen LogP contribution is 2.14. The summed E-state index contributed by atoms with van der Waals surface area (Å²) in [7, 11) is 3.27. The summed E-state index contributed by atoms with van der Waals surface area (Å²) >= 11 is 0. The lowest BCUT2D eigenvalue weighted by atomic mass is 10.1. The van der Waals surface area contributed by atoms with Gasteiger partial charge in [-0.15, -0.1) is 0 Å². The molecule has 1 amide bonds. The van der Waals surface area contributed by atoms with Crippen molar-refractivity contribution in [3.8, 4) is 5.75 Å². The van der Waals surface area contributed by atoms with Crippen molar-refractivity contribution < 1.29 is 9.53 Å². The number of nitrogens with one attached hydrogen (secondary N) is 1. The number of aromatic nitrogens is 2. The Hall–Kier alpha value is -2.30. The summed E-state index contributed by atoms with van der Waals surface area (Å²) < 4.78 is 6.97. The summed E-state index contributed by atoms with van der Waals surface area (Å²) in [5.41, 5.74) is 1.13. The van der Waals surface area contributed by atoms with Gasteiger partial charge < -0.3 is 14.6 Å². The first-order valence-electron chi connectivity index (χ1n) is 6.06. The Labute approximate surface area is 112 Å². The molecule has 1 aromatic heterocycles. The van der Waals surface area contributed by atoms with E-state index >= 15 is 0 Å². The zero-order chi connectivity index (χ0) is 13.7. The topological polar surface area (TPSA) is 56.2 Å². The Bertz CT molecular complexity index is 546. The number of carbonyl (C=O) groups excluding carboxylic acids is 1. The van der Waals surface area contributed by atoms with Crippen LogP contribution in [0.15, 0.2) is 36.7 Å². The van der Waals surface area contributed by atoms with Crippen molar-refractivity contribution in [3.05, 3.63) is 48.0 Å². The minimum atomic E-state index is -0.0334. The number of benzene rings is 1. The van der Waals surface area contributed by atoms with Crippen molar-refractivity contribution >= 4 is 5.91 Å². The summed E-state index contributed by atoms with van der Waals surface area (Å²) in [6, 6.07) is 7.83. The average Bonchev–Trinajstić information content (AvgIpc) is 2.86. The summed E-state index contributed by atoms with van der Waals surface area (Å²) in [6.07, 6.45) is 4.21. The molecule has 100 valence electrons. The molecule has 0 fully saturated rings. The lowest BCUT2D eigenvalue weighted by Gasteiger charge is -2.07. The molecular weight excluding hydrogens is 242 g/mol. The van der Waals surface area contributed by atoms with Gasteiger partial charge in [0.05, 0.1) is 7.11 Å². The molecule has 2 aromatic rings. The van der Waals surface area contributed by atoms with Gasteiger partial charge >= 0.3 is 0 Å². The molecule has 2 rings (SSSR count). The zero-order valence-electron chi connectivity index (χ0n) is 11.1. The van der Waals surface area contributed by atoms with Crippen molar-refractivity contribution in [1.82, 2.24) is 14.9 Å². The van der Waals surface area contributed by atoms with Gasteiger partial charge in [0.25, 0.3) is 0 Å². The van der Waals surface area contributed by atoms with E-state index in [0.29, 0.717) is 13.0 Å². The number of imidazole rings is 1. The van der Waals surface area contributed by atoms with Gasteiger partial charge in [0.2, 0.25) is 5.91 Å². The molecule has 1 N–H and O–H groups in total. The van der Waals surface area contributed by atoms with Crippen molar-refractivity contribution in [1.29, 1.82) is 0 Å². The average molecular weight is 259 g/mol. The summed E-state index contributed by atoms with van der Waals surface area (Å²) in [5, 5.41) is 2.61. The predicted molar refractivity (Wildman–Crippen MR) is 72.1 cm³/mol. The van der Waals surface area contributed by atoms with Gasteiger partial charge in [0.1, 0.15) is 18.1 Å². The van der Waals surface area contributed by atoms with Crippen LogP contribution in [0.3, 0.4) is 0 Å². The van der Waals surface area contributed by atoms with Crippen LogP contribution in [0.4, 0.5) is 0 Å². The van der Waals surface area contributed by atoms with Crippen molar-refractivity contribution in [2.75, 3.05) is 14.2 Å². The lowest BCUT2D eigenvalue weighted by Crippen LogP contribution is -2.24. The molecule has 0 unspecified atom stereocenters. The molecule has 0 aliphatic rings. The largest absolute Gasteiger partial charge is 0.497 e. The summed E-state index contributed by atoms with van der Waals surface area (Å²) in [5.74, 6) is 1.67. The number of ether oxygens (including phenoxy) is 1. The third kappa shape index (κ3) is 3.34. The van der Waals surface area contributed by atoms with Gasteiger partial charge in [-0.3, -0.25) is 4.79 Å². The van der Waals surface area contributed by atoms with Gasteiger partial charge in [-0.2, -0.15) is 0 Å². The second-order valence-electron chi connectivity index (χ2n) is 4.17. The molecule has 0 saturated heterocycles. The number of methoxy groups -OCH3 is 1. The van der Waals surface area contributed by atoms with Gasteiger partial charge in [0.15, 0.2) is 0 Å². The third-order valence-corrected chi connectivity index (χ3v) is 2.92. The molecular formula is C14H17N3O2. The fourth-order valence-corrected chi connectivity index (χ4v) is 1.81. The number of carbonyl (C=O) groups is 1. The first-order chi connectivity index (χ1) is 9.22. The van der Waals surface area contributed by atoms with Crippen LogP contribution in [0.5, 0.6) is 5.75 Å². The highest BCUT2D eigenvalue weighted by atomic mass is 16.5. The fraction of sp³-hybridized carbons (Fsp3) is 0.286. The predicted octanol–water partition coefficient (Wildman–Crippen LogP) is 1.23. The van der Waals surface area contributed by atoms with Crippen LogP contribution in [0, 0.1) is 0 Å². The van der Waals surface area contributed by atoms with Gasteiger partial charge in [0, 0.05) is 25.9 Å². The van der Waals surface area contributed by atoms with E-state index in [1.807, 2.05) is 35.0 Å². The van der Waals surface area contributed by atoms with E-state index in [1.54, 1.807) is 20.4 Å². The van der Waals surface area contributed by atoms with E-state index < -0.39 is 0 Å². The van der Waals surface area contributed by atoms with Crippen LogP contribution in [-0.2, 0) is 17.8 Å². The van der Waals surface area contributed by atoms with Crippen molar-refractivity contribution in [2.24, 2.45) is 0 Å². The molecule has 0 aliphatic carbocycles.